The second kappa shape index (κ2) is 4.20. The minimum atomic E-state index is 0.423. The molecule has 78 valence electrons. The maximum Gasteiger partial charge on any atom is 0.0806 e. The van der Waals surface area contributed by atoms with Crippen molar-refractivity contribution < 1.29 is 0 Å². The van der Waals surface area contributed by atoms with Crippen molar-refractivity contribution in [3.05, 3.63) is 0 Å². The smallest absolute Gasteiger partial charge is 0.0806 e. The summed E-state index contributed by atoms with van der Waals surface area (Å²) in [5.41, 5.74) is 0. The molecule has 3 atom stereocenters. The molecule has 2 rings (SSSR count). The lowest BCUT2D eigenvalue weighted by Gasteiger charge is -2.20. The van der Waals surface area contributed by atoms with Crippen molar-refractivity contribution in [3.63, 3.8) is 0 Å². The van der Waals surface area contributed by atoms with Gasteiger partial charge in [-0.05, 0) is 25.2 Å². The van der Waals surface area contributed by atoms with Gasteiger partial charge in [-0.3, -0.25) is 4.99 Å². The second-order valence-electron chi connectivity index (χ2n) is 4.71. The lowest BCUT2D eigenvalue weighted by Crippen LogP contribution is -2.24. The molecule has 3 unspecified atom stereocenters. The van der Waals surface area contributed by atoms with E-state index in [2.05, 4.69) is 35.3 Å². The largest absolute Gasteiger partial charge is 0.297 e. The van der Waals surface area contributed by atoms with Crippen LogP contribution in [0.3, 0.4) is 0 Å². The Morgan fingerprint density at radius 2 is 2.14 bits per heavy atom. The van der Waals surface area contributed by atoms with E-state index in [4.69, 9.17) is 0 Å². The van der Waals surface area contributed by atoms with Gasteiger partial charge < -0.3 is 0 Å². The topological polar surface area (TPSA) is 37.1 Å². The maximum absolute atomic E-state index is 4.40. The monoisotopic (exact) mass is 193 g/mol. The lowest BCUT2D eigenvalue weighted by atomic mass is 9.88. The fourth-order valence-electron chi connectivity index (χ4n) is 2.17. The Morgan fingerprint density at radius 3 is 2.71 bits per heavy atom. The molecule has 0 amide bonds. The summed E-state index contributed by atoms with van der Waals surface area (Å²) in [6.45, 7) is 5.45. The van der Waals surface area contributed by atoms with Gasteiger partial charge in [-0.2, -0.15) is 10.2 Å². The molecule has 0 N–H and O–H groups in total. The molecular formula is C11H19N3. The van der Waals surface area contributed by atoms with Gasteiger partial charge in [0.1, 0.15) is 0 Å². The molecule has 2 aliphatic rings. The summed E-state index contributed by atoms with van der Waals surface area (Å²) in [6, 6.07) is 0.877. The Labute approximate surface area is 85.7 Å². The van der Waals surface area contributed by atoms with E-state index in [1.165, 1.54) is 12.8 Å². The van der Waals surface area contributed by atoms with Crippen LogP contribution in [-0.4, -0.2) is 24.8 Å². The summed E-state index contributed by atoms with van der Waals surface area (Å²) < 4.78 is 0. The standard InChI is InChI=1S/C11H19N3/c1-8(2)10-6-11(14-13-10)9-4-3-5-12-7-9/h7-11H,3-6H2,1-2H3. The third-order valence-corrected chi connectivity index (χ3v) is 3.23. The predicted octanol–water partition coefficient (Wildman–Crippen LogP) is 2.72. The molecule has 3 nitrogen and oxygen atoms in total. The molecule has 2 heterocycles. The van der Waals surface area contributed by atoms with Gasteiger partial charge in [0.2, 0.25) is 0 Å². The van der Waals surface area contributed by atoms with Crippen LogP contribution < -0.4 is 0 Å². The average Bonchev–Trinajstić information content (AvgIpc) is 2.68. The van der Waals surface area contributed by atoms with Crippen LogP contribution in [0.4, 0.5) is 0 Å². The van der Waals surface area contributed by atoms with Crippen molar-refractivity contribution in [2.45, 2.75) is 45.2 Å². The van der Waals surface area contributed by atoms with Crippen LogP contribution in [0.25, 0.3) is 0 Å². The van der Waals surface area contributed by atoms with Gasteiger partial charge in [0, 0.05) is 18.7 Å². The first-order chi connectivity index (χ1) is 6.77. The molecule has 0 saturated carbocycles. The number of aliphatic imine (C=N–C) groups is 1. The normalized spacial score (nSPS) is 36.9. The van der Waals surface area contributed by atoms with E-state index in [1.807, 2.05) is 0 Å². The Balaban J connectivity index is 1.92. The second-order valence-corrected chi connectivity index (χ2v) is 4.71. The highest BCUT2D eigenvalue weighted by Crippen LogP contribution is 2.29. The van der Waals surface area contributed by atoms with E-state index in [-0.39, 0.29) is 0 Å². The van der Waals surface area contributed by atoms with Crippen LogP contribution in [0.2, 0.25) is 0 Å². The first-order valence-corrected chi connectivity index (χ1v) is 5.67. The third-order valence-electron chi connectivity index (χ3n) is 3.23. The van der Waals surface area contributed by atoms with E-state index >= 15 is 0 Å². The summed E-state index contributed by atoms with van der Waals surface area (Å²) in [6.07, 6.45) is 5.71. The first-order valence-electron chi connectivity index (χ1n) is 5.67. The van der Waals surface area contributed by atoms with Crippen LogP contribution in [0.5, 0.6) is 0 Å². The van der Waals surface area contributed by atoms with Gasteiger partial charge >= 0.3 is 0 Å². The molecule has 0 aromatic heterocycles. The third kappa shape index (κ3) is 2.02. The zero-order valence-electron chi connectivity index (χ0n) is 9.06. The molecule has 0 aromatic carbocycles. The van der Waals surface area contributed by atoms with E-state index < -0.39 is 0 Å². The first kappa shape index (κ1) is 9.81. The highest BCUT2D eigenvalue weighted by atomic mass is 15.2. The summed E-state index contributed by atoms with van der Waals surface area (Å²) in [5, 5.41) is 8.75. The van der Waals surface area contributed by atoms with E-state index in [0.717, 1.165) is 13.0 Å². The summed E-state index contributed by atoms with van der Waals surface area (Å²) in [7, 11) is 0. The fraction of sp³-hybridized carbons (Fsp3) is 0.909. The maximum atomic E-state index is 4.40. The highest BCUT2D eigenvalue weighted by molar-refractivity contribution is 5.62. The number of hydrogen-bond donors (Lipinski definition) is 0. The molecule has 14 heavy (non-hydrogen) atoms. The van der Waals surface area contributed by atoms with E-state index in [1.54, 1.807) is 0 Å². The Morgan fingerprint density at radius 1 is 1.29 bits per heavy atom. The Kier molecular flexibility index (Phi) is 2.94. The summed E-state index contributed by atoms with van der Waals surface area (Å²) in [5.74, 6) is 1.19. The van der Waals surface area contributed by atoms with Gasteiger partial charge in [0.05, 0.1) is 12.1 Å². The van der Waals surface area contributed by atoms with Crippen molar-refractivity contribution in [1.82, 2.24) is 0 Å². The molecule has 3 heteroatoms. The molecule has 0 bridgehead atoms. The van der Waals surface area contributed by atoms with Crippen molar-refractivity contribution >= 4 is 6.21 Å². The van der Waals surface area contributed by atoms with Gasteiger partial charge in [-0.1, -0.05) is 13.8 Å². The Hall–Kier alpha value is -0.730. The van der Waals surface area contributed by atoms with Crippen molar-refractivity contribution in [2.24, 2.45) is 27.1 Å². The molecule has 0 aromatic rings. The van der Waals surface area contributed by atoms with E-state index in [0.29, 0.717) is 23.9 Å². The number of hydrogen-bond acceptors (Lipinski definition) is 3. The highest BCUT2D eigenvalue weighted by Gasteiger charge is 2.30. The van der Waals surface area contributed by atoms with Crippen molar-refractivity contribution in [1.29, 1.82) is 0 Å². The number of nitrogens with zero attached hydrogens (tertiary/aromatic N) is 3. The van der Waals surface area contributed by atoms with Crippen LogP contribution in [-0.2, 0) is 0 Å². The molecular weight excluding hydrogens is 174 g/mol. The van der Waals surface area contributed by atoms with Crippen LogP contribution in [0.1, 0.15) is 33.1 Å². The Bertz CT molecular complexity index is 245. The van der Waals surface area contributed by atoms with Crippen LogP contribution in [0.15, 0.2) is 15.2 Å². The molecule has 0 radical (unpaired) electrons. The molecule has 0 saturated heterocycles. The van der Waals surface area contributed by atoms with Crippen molar-refractivity contribution in [2.75, 3.05) is 6.54 Å². The van der Waals surface area contributed by atoms with Crippen molar-refractivity contribution in [3.8, 4) is 0 Å². The van der Waals surface area contributed by atoms with E-state index in [9.17, 15) is 0 Å². The number of azo groups is 1. The minimum absolute atomic E-state index is 0.423. The fourth-order valence-corrected chi connectivity index (χ4v) is 2.17. The minimum Gasteiger partial charge on any atom is -0.297 e. The van der Waals surface area contributed by atoms with Gasteiger partial charge in [-0.15, -0.1) is 0 Å². The lowest BCUT2D eigenvalue weighted by molar-refractivity contribution is 0.429. The molecule has 0 fully saturated rings. The summed E-state index contributed by atoms with van der Waals surface area (Å²) >= 11 is 0. The molecule has 0 aliphatic carbocycles. The van der Waals surface area contributed by atoms with Crippen LogP contribution >= 0.6 is 0 Å². The van der Waals surface area contributed by atoms with Gasteiger partial charge in [0.25, 0.3) is 0 Å². The number of rotatable bonds is 2. The SMILES string of the molecule is CC(C)C1CC(C2C=NCCC2)N=N1. The summed E-state index contributed by atoms with van der Waals surface area (Å²) in [4.78, 5) is 4.35. The zero-order chi connectivity index (χ0) is 9.97. The zero-order valence-corrected chi connectivity index (χ0v) is 9.06. The van der Waals surface area contributed by atoms with Gasteiger partial charge in [-0.25, -0.2) is 0 Å². The van der Waals surface area contributed by atoms with Gasteiger partial charge in [0.15, 0.2) is 0 Å². The van der Waals surface area contributed by atoms with Crippen LogP contribution in [0, 0.1) is 11.8 Å². The predicted molar refractivity (Wildman–Crippen MR) is 58.0 cm³/mol. The average molecular weight is 193 g/mol. The quantitative estimate of drug-likeness (QED) is 0.646. The molecule has 2 aliphatic heterocycles. The molecule has 0 spiro atoms.